The van der Waals surface area contributed by atoms with E-state index in [4.69, 9.17) is 4.84 Å². The third-order valence-electron chi connectivity index (χ3n) is 4.30. The number of hydrogen-bond donors (Lipinski definition) is 0. The van der Waals surface area contributed by atoms with Gasteiger partial charge in [-0.15, -0.1) is 0 Å². The van der Waals surface area contributed by atoms with Crippen molar-refractivity contribution in [2.45, 2.75) is 40.2 Å². The summed E-state index contributed by atoms with van der Waals surface area (Å²) in [5, 5.41) is 4.38. The first-order valence-corrected chi connectivity index (χ1v) is 7.70. The summed E-state index contributed by atoms with van der Waals surface area (Å²) >= 11 is 0. The van der Waals surface area contributed by atoms with Crippen LogP contribution in [0.4, 0.5) is 0 Å². The molecule has 0 aliphatic carbocycles. The smallest absolute Gasteiger partial charge is 0.142 e. The Bertz CT molecular complexity index is 684. The average molecular weight is 294 g/mol. The normalized spacial score (nSPS) is 19.6. The van der Waals surface area contributed by atoms with Crippen molar-refractivity contribution in [1.29, 1.82) is 0 Å². The number of rotatable bonds is 3. The fourth-order valence-electron chi connectivity index (χ4n) is 3.08. The van der Waals surface area contributed by atoms with Gasteiger partial charge in [0.15, 0.2) is 0 Å². The molecule has 0 fully saturated rings. The van der Waals surface area contributed by atoms with E-state index in [9.17, 15) is 0 Å². The second-order valence-corrected chi connectivity index (χ2v) is 6.58. The molecule has 1 atom stereocenters. The zero-order valence-corrected chi connectivity index (χ0v) is 13.6. The molecule has 3 heteroatoms. The molecule has 2 heterocycles. The van der Waals surface area contributed by atoms with E-state index < -0.39 is 0 Å². The minimum atomic E-state index is -0.119. The van der Waals surface area contributed by atoms with Crippen LogP contribution in [0.5, 0.6) is 0 Å². The molecule has 114 valence electrons. The fourth-order valence-corrected chi connectivity index (χ4v) is 3.08. The van der Waals surface area contributed by atoms with E-state index in [-0.39, 0.29) is 11.5 Å². The monoisotopic (exact) mass is 294 g/mol. The Labute approximate surface area is 132 Å². The molecule has 1 aromatic heterocycles. The Balaban J connectivity index is 1.83. The predicted molar refractivity (Wildman–Crippen MR) is 89.0 cm³/mol. The van der Waals surface area contributed by atoms with E-state index in [0.717, 1.165) is 29.1 Å². The van der Waals surface area contributed by atoms with Crippen LogP contribution < -0.4 is 0 Å². The van der Waals surface area contributed by atoms with Crippen LogP contribution in [0.1, 0.15) is 36.4 Å². The Morgan fingerprint density at radius 2 is 1.68 bits per heavy atom. The van der Waals surface area contributed by atoms with E-state index in [0.29, 0.717) is 0 Å². The highest BCUT2D eigenvalue weighted by molar-refractivity contribution is 6.05. The van der Waals surface area contributed by atoms with E-state index in [2.05, 4.69) is 48.3 Å². The molecule has 2 aromatic rings. The van der Waals surface area contributed by atoms with Gasteiger partial charge in [0, 0.05) is 17.8 Å². The summed E-state index contributed by atoms with van der Waals surface area (Å²) in [6, 6.07) is 14.5. The molecule has 1 aliphatic heterocycles. The summed E-state index contributed by atoms with van der Waals surface area (Å²) in [4.78, 5) is 10.2. The summed E-state index contributed by atoms with van der Waals surface area (Å²) in [6.07, 6.45) is 0.890. The van der Waals surface area contributed by atoms with E-state index in [1.807, 2.05) is 32.0 Å². The van der Waals surface area contributed by atoms with Crippen molar-refractivity contribution in [1.82, 2.24) is 4.98 Å². The maximum absolute atomic E-state index is 5.79. The van der Waals surface area contributed by atoms with Crippen LogP contribution in [0, 0.1) is 19.3 Å². The molecular weight excluding hydrogens is 272 g/mol. The maximum atomic E-state index is 5.79. The molecule has 1 unspecified atom stereocenters. The molecule has 0 saturated carbocycles. The van der Waals surface area contributed by atoms with Crippen molar-refractivity contribution in [3.8, 4) is 0 Å². The van der Waals surface area contributed by atoms with Crippen LogP contribution in [-0.4, -0.2) is 16.8 Å². The van der Waals surface area contributed by atoms with Gasteiger partial charge in [-0.05, 0) is 37.1 Å². The van der Waals surface area contributed by atoms with Crippen LogP contribution >= 0.6 is 0 Å². The molecule has 1 aromatic carbocycles. The quantitative estimate of drug-likeness (QED) is 0.855. The number of aryl methyl sites for hydroxylation is 2. The van der Waals surface area contributed by atoms with Crippen LogP contribution in [0.15, 0.2) is 47.6 Å². The first-order chi connectivity index (χ1) is 10.5. The second-order valence-electron chi connectivity index (χ2n) is 6.58. The van der Waals surface area contributed by atoms with Crippen LogP contribution in [-0.2, 0) is 11.3 Å². The predicted octanol–water partition coefficient (Wildman–Crippen LogP) is 4.07. The Morgan fingerprint density at radius 1 is 1.05 bits per heavy atom. The summed E-state index contributed by atoms with van der Waals surface area (Å²) in [5.74, 6) is 0. The number of nitrogens with zero attached hydrogens (tertiary/aromatic N) is 2. The molecule has 0 bridgehead atoms. The number of pyridine rings is 1. The molecule has 0 amide bonds. The summed E-state index contributed by atoms with van der Waals surface area (Å²) in [7, 11) is 0. The minimum absolute atomic E-state index is 0.0453. The van der Waals surface area contributed by atoms with Gasteiger partial charge in [0.05, 0.1) is 11.1 Å². The highest BCUT2D eigenvalue weighted by atomic mass is 16.6. The summed E-state index contributed by atoms with van der Waals surface area (Å²) in [6.45, 7) is 8.47. The lowest BCUT2D eigenvalue weighted by Crippen LogP contribution is -2.34. The second kappa shape index (κ2) is 5.56. The molecule has 0 N–H and O–H groups in total. The van der Waals surface area contributed by atoms with Crippen LogP contribution in [0.3, 0.4) is 0 Å². The number of aromatic nitrogens is 1. The fraction of sp³-hybridized carbons (Fsp3) is 0.368. The van der Waals surface area contributed by atoms with Gasteiger partial charge in [0.25, 0.3) is 0 Å². The molecule has 3 nitrogen and oxygen atoms in total. The van der Waals surface area contributed by atoms with Crippen molar-refractivity contribution < 1.29 is 4.84 Å². The molecule has 0 saturated heterocycles. The Morgan fingerprint density at radius 3 is 2.32 bits per heavy atom. The number of oxime groups is 1. The standard InChI is InChI=1S/C19H22N2O/c1-13-10-15(11-14(2)20-13)12-17-19(3,4)18(21-22-17)16-8-6-5-7-9-16/h5-11,17H,12H2,1-4H3. The van der Waals surface area contributed by atoms with Crippen LogP contribution in [0.2, 0.25) is 0 Å². The van der Waals surface area contributed by atoms with Crippen LogP contribution in [0.25, 0.3) is 0 Å². The van der Waals surface area contributed by atoms with Gasteiger partial charge in [0.1, 0.15) is 6.10 Å². The lowest BCUT2D eigenvalue weighted by Gasteiger charge is -2.26. The zero-order valence-electron chi connectivity index (χ0n) is 13.6. The highest BCUT2D eigenvalue weighted by Crippen LogP contribution is 2.36. The summed E-state index contributed by atoms with van der Waals surface area (Å²) < 4.78 is 0. The van der Waals surface area contributed by atoms with Crippen molar-refractivity contribution in [3.63, 3.8) is 0 Å². The minimum Gasteiger partial charge on any atom is -0.391 e. The highest BCUT2D eigenvalue weighted by Gasteiger charge is 2.42. The zero-order chi connectivity index (χ0) is 15.7. The van der Waals surface area contributed by atoms with E-state index >= 15 is 0 Å². The molecule has 1 aliphatic rings. The third kappa shape index (κ3) is 2.76. The van der Waals surface area contributed by atoms with Gasteiger partial charge < -0.3 is 4.84 Å². The Kier molecular flexibility index (Phi) is 3.73. The number of hydrogen-bond acceptors (Lipinski definition) is 3. The molecule has 3 rings (SSSR count). The van der Waals surface area contributed by atoms with E-state index in [1.54, 1.807) is 0 Å². The van der Waals surface area contributed by atoms with Gasteiger partial charge in [-0.1, -0.05) is 49.3 Å². The van der Waals surface area contributed by atoms with Crippen molar-refractivity contribution >= 4 is 5.71 Å². The van der Waals surface area contributed by atoms with Crippen molar-refractivity contribution in [2.24, 2.45) is 10.6 Å². The van der Waals surface area contributed by atoms with Gasteiger partial charge >= 0.3 is 0 Å². The lowest BCUT2D eigenvalue weighted by atomic mass is 9.77. The lowest BCUT2D eigenvalue weighted by molar-refractivity contribution is 0.0371. The van der Waals surface area contributed by atoms with E-state index in [1.165, 1.54) is 5.56 Å². The first kappa shape index (κ1) is 14.8. The van der Waals surface area contributed by atoms with Gasteiger partial charge in [0.2, 0.25) is 0 Å². The van der Waals surface area contributed by atoms with Gasteiger partial charge in [-0.3, -0.25) is 4.98 Å². The van der Waals surface area contributed by atoms with Crippen molar-refractivity contribution in [3.05, 3.63) is 65.0 Å². The Hall–Kier alpha value is -2.16. The van der Waals surface area contributed by atoms with Gasteiger partial charge in [-0.2, -0.15) is 0 Å². The molecular formula is C19H22N2O. The molecule has 0 spiro atoms. The average Bonchev–Trinajstić information content (AvgIpc) is 2.74. The van der Waals surface area contributed by atoms with Gasteiger partial charge in [-0.25, -0.2) is 0 Å². The first-order valence-electron chi connectivity index (χ1n) is 7.70. The van der Waals surface area contributed by atoms with Crippen molar-refractivity contribution in [2.75, 3.05) is 0 Å². The number of benzene rings is 1. The summed E-state index contributed by atoms with van der Waals surface area (Å²) in [5.41, 5.74) is 5.40. The molecule has 0 radical (unpaired) electrons. The SMILES string of the molecule is Cc1cc(CC2ON=C(c3ccccc3)C2(C)C)cc(C)n1. The largest absolute Gasteiger partial charge is 0.391 e. The topological polar surface area (TPSA) is 34.5 Å². The third-order valence-corrected chi connectivity index (χ3v) is 4.30. The molecule has 22 heavy (non-hydrogen) atoms. The maximum Gasteiger partial charge on any atom is 0.142 e.